The first-order valence-corrected chi connectivity index (χ1v) is 16.5. The minimum absolute atomic E-state index is 0.0576. The summed E-state index contributed by atoms with van der Waals surface area (Å²) in [6.45, 7) is 0. The van der Waals surface area contributed by atoms with Crippen molar-refractivity contribution >= 4 is 76.3 Å². The minimum Gasteiger partial charge on any atom is -0.455 e. The molecule has 1 aliphatic carbocycles. The number of thiophene rings is 1. The van der Waals surface area contributed by atoms with Crippen molar-refractivity contribution in [2.24, 2.45) is 0 Å². The molecular weight excluding hydrogens is 595 g/mol. The van der Waals surface area contributed by atoms with E-state index in [9.17, 15) is 4.79 Å². The summed E-state index contributed by atoms with van der Waals surface area (Å²) in [5.74, 6) is 0.0576. The SMILES string of the molecule is O=C1c2cc(-c3cc4c5ccccc5oc4c4c3sc3ccccc34)ccc2-c2ccc(N(c3ccccc3)c3ccccc3)cc21. The molecule has 0 amide bonds. The maximum absolute atomic E-state index is 14.2. The van der Waals surface area contributed by atoms with E-state index in [0.29, 0.717) is 0 Å². The van der Waals surface area contributed by atoms with Gasteiger partial charge in [0.05, 0.1) is 0 Å². The number of rotatable bonds is 4. The number of anilines is 3. The highest BCUT2D eigenvalue weighted by atomic mass is 32.1. The van der Waals surface area contributed by atoms with Crippen LogP contribution in [-0.2, 0) is 0 Å². The summed E-state index contributed by atoms with van der Waals surface area (Å²) in [7, 11) is 0. The van der Waals surface area contributed by atoms with E-state index in [2.05, 4.69) is 102 Å². The molecule has 0 saturated carbocycles. The van der Waals surface area contributed by atoms with E-state index in [-0.39, 0.29) is 5.78 Å². The maximum atomic E-state index is 14.2. The van der Waals surface area contributed by atoms with E-state index in [1.165, 1.54) is 14.8 Å². The Hall–Kier alpha value is -5.97. The first kappa shape index (κ1) is 26.3. The third kappa shape index (κ3) is 3.89. The number of nitrogens with zero attached hydrogens (tertiary/aromatic N) is 1. The molecule has 0 unspecified atom stereocenters. The average Bonchev–Trinajstić information content (AvgIpc) is 3.78. The molecule has 9 aromatic rings. The molecule has 10 rings (SSSR count). The van der Waals surface area contributed by atoms with Crippen molar-refractivity contribution in [1.82, 2.24) is 0 Å². The smallest absolute Gasteiger partial charge is 0.194 e. The van der Waals surface area contributed by atoms with E-state index in [1.807, 2.05) is 54.6 Å². The second-order valence-corrected chi connectivity index (χ2v) is 13.1. The summed E-state index contributed by atoms with van der Waals surface area (Å²) >= 11 is 1.78. The van der Waals surface area contributed by atoms with Gasteiger partial charge in [-0.1, -0.05) is 91.0 Å². The van der Waals surface area contributed by atoms with Crippen LogP contribution >= 0.6 is 11.3 Å². The molecule has 220 valence electrons. The first-order valence-electron chi connectivity index (χ1n) is 15.7. The molecule has 3 nitrogen and oxygen atoms in total. The van der Waals surface area contributed by atoms with Gasteiger partial charge in [-0.25, -0.2) is 0 Å². The number of furan rings is 1. The number of carbonyl (C=O) groups excluding carboxylic acids is 1. The van der Waals surface area contributed by atoms with E-state index < -0.39 is 0 Å². The standard InChI is InChI=1S/C43H25NO2S/c45-41-35-23-26(34-25-37-32-15-7-9-17-38(32)46-42(37)40-33-16-8-10-18-39(33)47-43(34)40)19-21-30(35)31-22-20-29(24-36(31)41)44(27-11-3-1-4-12-27)28-13-5-2-6-14-28/h1-25H. The monoisotopic (exact) mass is 619 g/mol. The molecule has 47 heavy (non-hydrogen) atoms. The highest BCUT2D eigenvalue weighted by molar-refractivity contribution is 7.26. The highest BCUT2D eigenvalue weighted by Gasteiger charge is 2.29. The lowest BCUT2D eigenvalue weighted by Gasteiger charge is -2.25. The van der Waals surface area contributed by atoms with Gasteiger partial charge in [-0.15, -0.1) is 11.3 Å². The minimum atomic E-state index is 0.0576. The summed E-state index contributed by atoms with van der Waals surface area (Å²) < 4.78 is 8.89. The van der Waals surface area contributed by atoms with Crippen molar-refractivity contribution in [1.29, 1.82) is 0 Å². The third-order valence-electron chi connectivity index (χ3n) is 9.39. The van der Waals surface area contributed by atoms with Gasteiger partial charge in [0.1, 0.15) is 11.2 Å². The zero-order chi connectivity index (χ0) is 31.1. The van der Waals surface area contributed by atoms with Crippen LogP contribution in [0.15, 0.2) is 156 Å². The van der Waals surface area contributed by atoms with Gasteiger partial charge in [0.25, 0.3) is 0 Å². The van der Waals surface area contributed by atoms with Crippen LogP contribution in [0.25, 0.3) is 64.4 Å². The first-order chi connectivity index (χ1) is 23.2. The second kappa shape index (κ2) is 10.0. The number of benzene rings is 7. The van der Waals surface area contributed by atoms with E-state index in [4.69, 9.17) is 4.42 Å². The van der Waals surface area contributed by atoms with Gasteiger partial charge in [0, 0.05) is 64.7 Å². The lowest BCUT2D eigenvalue weighted by Crippen LogP contribution is -2.10. The largest absolute Gasteiger partial charge is 0.455 e. The molecule has 4 heteroatoms. The Labute approximate surface area is 274 Å². The van der Waals surface area contributed by atoms with E-state index in [0.717, 1.165) is 77.8 Å². The number of para-hydroxylation sites is 3. The normalized spacial score (nSPS) is 12.3. The van der Waals surface area contributed by atoms with Gasteiger partial charge < -0.3 is 9.32 Å². The van der Waals surface area contributed by atoms with Crippen LogP contribution in [0.4, 0.5) is 17.1 Å². The van der Waals surface area contributed by atoms with Crippen LogP contribution in [-0.4, -0.2) is 5.78 Å². The van der Waals surface area contributed by atoms with Crippen molar-refractivity contribution in [3.8, 4) is 22.3 Å². The fourth-order valence-corrected chi connectivity index (χ4v) is 8.49. The molecule has 0 atom stereocenters. The molecule has 0 aliphatic heterocycles. The lowest BCUT2D eigenvalue weighted by atomic mass is 9.96. The Bertz CT molecular complexity index is 2660. The Morgan fingerprint density at radius 1 is 0.489 bits per heavy atom. The molecule has 2 aromatic heterocycles. The van der Waals surface area contributed by atoms with Crippen LogP contribution < -0.4 is 4.90 Å². The molecule has 2 heterocycles. The predicted molar refractivity (Wildman–Crippen MR) is 196 cm³/mol. The summed E-state index contributed by atoms with van der Waals surface area (Å²) in [5.41, 5.74) is 10.4. The van der Waals surface area contributed by atoms with Crippen LogP contribution in [0, 0.1) is 0 Å². The molecule has 0 fully saturated rings. The van der Waals surface area contributed by atoms with Crippen LogP contribution in [0.3, 0.4) is 0 Å². The summed E-state index contributed by atoms with van der Waals surface area (Å²) in [6, 6.07) is 52.2. The number of fused-ring (bicyclic) bond motifs is 10. The van der Waals surface area contributed by atoms with Crippen molar-refractivity contribution in [2.45, 2.75) is 0 Å². The fraction of sp³-hybridized carbons (Fsp3) is 0. The summed E-state index contributed by atoms with van der Waals surface area (Å²) in [5, 5.41) is 4.51. The highest BCUT2D eigenvalue weighted by Crippen LogP contribution is 2.48. The number of carbonyl (C=O) groups is 1. The van der Waals surface area contributed by atoms with E-state index in [1.54, 1.807) is 11.3 Å². The maximum Gasteiger partial charge on any atom is 0.194 e. The quantitative estimate of drug-likeness (QED) is 0.196. The Balaban J connectivity index is 1.14. The Morgan fingerprint density at radius 2 is 1.13 bits per heavy atom. The second-order valence-electron chi connectivity index (χ2n) is 12.0. The van der Waals surface area contributed by atoms with Crippen molar-refractivity contribution in [2.75, 3.05) is 4.90 Å². The lowest BCUT2D eigenvalue weighted by molar-refractivity contribution is 0.104. The number of hydrogen-bond acceptors (Lipinski definition) is 4. The molecule has 7 aromatic carbocycles. The predicted octanol–water partition coefficient (Wildman–Crippen LogP) is 12.3. The molecule has 0 N–H and O–H groups in total. The molecule has 0 radical (unpaired) electrons. The molecule has 0 bridgehead atoms. The van der Waals surface area contributed by atoms with Gasteiger partial charge in [-0.3, -0.25) is 4.79 Å². The topological polar surface area (TPSA) is 33.5 Å². The molecule has 0 spiro atoms. The van der Waals surface area contributed by atoms with Gasteiger partial charge in [-0.2, -0.15) is 0 Å². The van der Waals surface area contributed by atoms with Crippen molar-refractivity contribution in [3.63, 3.8) is 0 Å². The van der Waals surface area contributed by atoms with Gasteiger partial charge in [-0.05, 0) is 77.4 Å². The van der Waals surface area contributed by atoms with Crippen LogP contribution in [0.2, 0.25) is 0 Å². The van der Waals surface area contributed by atoms with Gasteiger partial charge in [0.15, 0.2) is 5.78 Å². The van der Waals surface area contributed by atoms with Gasteiger partial charge in [0.2, 0.25) is 0 Å². The summed E-state index contributed by atoms with van der Waals surface area (Å²) in [4.78, 5) is 16.4. The molecular formula is C43H25NO2S. The van der Waals surface area contributed by atoms with Crippen LogP contribution in [0.5, 0.6) is 0 Å². The Kier molecular flexibility index (Phi) is 5.60. The number of hydrogen-bond donors (Lipinski definition) is 0. The van der Waals surface area contributed by atoms with Gasteiger partial charge >= 0.3 is 0 Å². The van der Waals surface area contributed by atoms with Crippen molar-refractivity contribution < 1.29 is 9.21 Å². The molecule has 1 aliphatic rings. The zero-order valence-electron chi connectivity index (χ0n) is 25.1. The Morgan fingerprint density at radius 3 is 1.89 bits per heavy atom. The van der Waals surface area contributed by atoms with Crippen LogP contribution in [0.1, 0.15) is 15.9 Å². The number of ketones is 1. The average molecular weight is 620 g/mol. The molecule has 0 saturated heterocycles. The zero-order valence-corrected chi connectivity index (χ0v) is 25.9. The summed E-state index contributed by atoms with van der Waals surface area (Å²) in [6.07, 6.45) is 0. The van der Waals surface area contributed by atoms with Crippen molar-refractivity contribution in [3.05, 3.63) is 163 Å². The third-order valence-corrected chi connectivity index (χ3v) is 10.6. The fourth-order valence-electron chi connectivity index (χ4n) is 7.25. The van der Waals surface area contributed by atoms with E-state index >= 15 is 0 Å².